The van der Waals surface area contributed by atoms with Gasteiger partial charge in [-0.25, -0.2) is 0 Å². The lowest BCUT2D eigenvalue weighted by atomic mass is 10.0. The molecule has 0 aromatic rings. The zero-order chi connectivity index (χ0) is 7.14. The minimum atomic E-state index is -0.394. The molecule has 0 unspecified atom stereocenters. The molecule has 2 saturated heterocycles. The molecule has 0 bridgehead atoms. The van der Waals surface area contributed by atoms with Gasteiger partial charge in [0.05, 0.1) is 19.3 Å². The molecule has 2 aliphatic rings. The molecule has 0 aromatic heterocycles. The molecule has 58 valence electrons. The second kappa shape index (κ2) is 2.19. The summed E-state index contributed by atoms with van der Waals surface area (Å²) in [6.07, 6.45) is -0.292. The van der Waals surface area contributed by atoms with Gasteiger partial charge in [0, 0.05) is 5.92 Å². The van der Waals surface area contributed by atoms with Gasteiger partial charge in [0.15, 0.2) is 0 Å². The summed E-state index contributed by atoms with van der Waals surface area (Å²) in [4.78, 5) is 0. The van der Waals surface area contributed by atoms with Crippen molar-refractivity contribution in [1.29, 1.82) is 0 Å². The number of ether oxygens (including phenoxy) is 2. The summed E-state index contributed by atoms with van der Waals surface area (Å²) < 4.78 is 10.7. The lowest BCUT2D eigenvalue weighted by Gasteiger charge is -2.10. The van der Waals surface area contributed by atoms with Crippen LogP contribution < -0.4 is 0 Å². The Hall–Kier alpha value is -0.120. The molecule has 10 heavy (non-hydrogen) atoms. The topological polar surface area (TPSA) is 38.7 Å². The van der Waals surface area contributed by atoms with Gasteiger partial charge in [-0.2, -0.15) is 0 Å². The first-order chi connectivity index (χ1) is 4.79. The van der Waals surface area contributed by atoms with Crippen LogP contribution in [0.2, 0.25) is 0 Å². The minimum absolute atomic E-state index is 0.0463. The van der Waals surface area contributed by atoms with Crippen LogP contribution in [0.25, 0.3) is 0 Å². The number of hydrogen-bond acceptors (Lipinski definition) is 3. The fourth-order valence-corrected chi connectivity index (χ4v) is 1.67. The minimum Gasteiger partial charge on any atom is -0.388 e. The van der Waals surface area contributed by atoms with Crippen molar-refractivity contribution in [3.63, 3.8) is 0 Å². The van der Waals surface area contributed by atoms with Crippen LogP contribution in [0.3, 0.4) is 0 Å². The molecule has 1 N–H and O–H groups in total. The molecule has 2 heterocycles. The number of fused-ring (bicyclic) bond motifs is 1. The maximum absolute atomic E-state index is 9.27. The molecule has 2 fully saturated rings. The summed E-state index contributed by atoms with van der Waals surface area (Å²) in [5.41, 5.74) is 0. The third-order valence-corrected chi connectivity index (χ3v) is 2.27. The van der Waals surface area contributed by atoms with E-state index in [1.54, 1.807) is 0 Å². The van der Waals surface area contributed by atoms with E-state index in [4.69, 9.17) is 9.47 Å². The highest BCUT2D eigenvalue weighted by Crippen LogP contribution is 2.30. The SMILES string of the molecule is C[C@@H]1CO[C@@H]2[C@H]1OC[C@@H]2O. The molecule has 0 amide bonds. The lowest BCUT2D eigenvalue weighted by molar-refractivity contribution is 0.0173. The van der Waals surface area contributed by atoms with Crippen LogP contribution in [-0.2, 0) is 9.47 Å². The fraction of sp³-hybridized carbons (Fsp3) is 1.00. The van der Waals surface area contributed by atoms with Crippen LogP contribution in [0.4, 0.5) is 0 Å². The maximum atomic E-state index is 9.27. The van der Waals surface area contributed by atoms with Gasteiger partial charge in [0.1, 0.15) is 12.2 Å². The normalized spacial score (nSPS) is 53.4. The quantitative estimate of drug-likeness (QED) is 0.511. The zero-order valence-electron chi connectivity index (χ0n) is 5.99. The standard InChI is InChI=1S/C7H12O3/c1-4-2-9-7-5(8)3-10-6(4)7/h4-8H,2-3H2,1H3/t4-,5+,6+,7+/m1/s1. The Morgan fingerprint density at radius 2 is 1.90 bits per heavy atom. The Labute approximate surface area is 59.9 Å². The zero-order valence-corrected chi connectivity index (χ0v) is 5.99. The number of aliphatic hydroxyl groups excluding tert-OH is 1. The van der Waals surface area contributed by atoms with Crippen molar-refractivity contribution in [2.75, 3.05) is 13.2 Å². The van der Waals surface area contributed by atoms with E-state index in [1.165, 1.54) is 0 Å². The van der Waals surface area contributed by atoms with Crippen molar-refractivity contribution < 1.29 is 14.6 Å². The van der Waals surface area contributed by atoms with Gasteiger partial charge in [0.2, 0.25) is 0 Å². The lowest BCUT2D eigenvalue weighted by Crippen LogP contribution is -2.28. The summed E-state index contributed by atoms with van der Waals surface area (Å²) in [6.45, 7) is 3.26. The van der Waals surface area contributed by atoms with Gasteiger partial charge < -0.3 is 14.6 Å². The molecule has 0 saturated carbocycles. The summed E-state index contributed by atoms with van der Waals surface area (Å²) in [6, 6.07) is 0. The van der Waals surface area contributed by atoms with Gasteiger partial charge in [-0.1, -0.05) is 6.92 Å². The molecule has 0 aromatic carbocycles. The van der Waals surface area contributed by atoms with Crippen LogP contribution in [-0.4, -0.2) is 36.6 Å². The van der Waals surface area contributed by atoms with E-state index in [2.05, 4.69) is 6.92 Å². The Kier molecular flexibility index (Phi) is 1.44. The highest BCUT2D eigenvalue weighted by molar-refractivity contribution is 4.92. The molecule has 0 spiro atoms. The van der Waals surface area contributed by atoms with Crippen LogP contribution in [0, 0.1) is 5.92 Å². The van der Waals surface area contributed by atoms with Crippen LogP contribution in [0.1, 0.15) is 6.92 Å². The molecular formula is C7H12O3. The van der Waals surface area contributed by atoms with E-state index in [0.29, 0.717) is 12.5 Å². The third kappa shape index (κ3) is 0.779. The molecular weight excluding hydrogens is 132 g/mol. The maximum Gasteiger partial charge on any atom is 0.112 e. The molecule has 0 radical (unpaired) electrons. The Morgan fingerprint density at radius 1 is 1.20 bits per heavy atom. The van der Waals surface area contributed by atoms with Gasteiger partial charge in [-0.05, 0) is 0 Å². The molecule has 3 heteroatoms. The largest absolute Gasteiger partial charge is 0.388 e. The van der Waals surface area contributed by atoms with Crippen molar-refractivity contribution >= 4 is 0 Å². The van der Waals surface area contributed by atoms with Crippen molar-refractivity contribution in [3.05, 3.63) is 0 Å². The van der Waals surface area contributed by atoms with E-state index in [1.807, 2.05) is 0 Å². The van der Waals surface area contributed by atoms with Gasteiger partial charge in [-0.3, -0.25) is 0 Å². The first-order valence-electron chi connectivity index (χ1n) is 3.70. The van der Waals surface area contributed by atoms with E-state index >= 15 is 0 Å². The predicted octanol–water partition coefficient (Wildman–Crippen LogP) is -0.219. The predicted molar refractivity (Wildman–Crippen MR) is 34.7 cm³/mol. The first-order valence-corrected chi connectivity index (χ1v) is 3.70. The summed E-state index contributed by atoms with van der Waals surface area (Å²) in [5, 5.41) is 9.27. The van der Waals surface area contributed by atoms with Gasteiger partial charge in [0.25, 0.3) is 0 Å². The van der Waals surface area contributed by atoms with E-state index in [0.717, 1.165) is 6.61 Å². The monoisotopic (exact) mass is 144 g/mol. The second-order valence-corrected chi connectivity index (χ2v) is 3.14. The number of rotatable bonds is 0. The fourth-order valence-electron chi connectivity index (χ4n) is 1.67. The Balaban J connectivity index is 2.09. The number of aliphatic hydroxyl groups is 1. The first kappa shape index (κ1) is 6.58. The van der Waals surface area contributed by atoms with Crippen molar-refractivity contribution in [3.8, 4) is 0 Å². The molecule has 4 atom stereocenters. The summed E-state index contributed by atoms with van der Waals surface area (Å²) in [7, 11) is 0. The van der Waals surface area contributed by atoms with Crippen LogP contribution in [0.5, 0.6) is 0 Å². The molecule has 0 aliphatic carbocycles. The van der Waals surface area contributed by atoms with Crippen molar-refractivity contribution in [2.24, 2.45) is 5.92 Å². The van der Waals surface area contributed by atoms with E-state index < -0.39 is 6.10 Å². The third-order valence-electron chi connectivity index (χ3n) is 2.27. The smallest absolute Gasteiger partial charge is 0.112 e. The van der Waals surface area contributed by atoms with E-state index in [9.17, 15) is 5.11 Å². The van der Waals surface area contributed by atoms with Gasteiger partial charge in [-0.15, -0.1) is 0 Å². The highest BCUT2D eigenvalue weighted by Gasteiger charge is 2.44. The van der Waals surface area contributed by atoms with Crippen LogP contribution >= 0.6 is 0 Å². The average molecular weight is 144 g/mol. The average Bonchev–Trinajstić information content (AvgIpc) is 2.41. The number of hydrogen-bond donors (Lipinski definition) is 1. The highest BCUT2D eigenvalue weighted by atomic mass is 16.6. The molecule has 2 rings (SSSR count). The second-order valence-electron chi connectivity index (χ2n) is 3.14. The Morgan fingerprint density at radius 3 is 2.60 bits per heavy atom. The van der Waals surface area contributed by atoms with Crippen molar-refractivity contribution in [2.45, 2.75) is 25.2 Å². The summed E-state index contributed by atoms with van der Waals surface area (Å²) >= 11 is 0. The molecule has 2 aliphatic heterocycles. The van der Waals surface area contributed by atoms with E-state index in [-0.39, 0.29) is 12.2 Å². The Bertz CT molecular complexity index is 121. The molecule has 3 nitrogen and oxygen atoms in total. The van der Waals surface area contributed by atoms with Crippen molar-refractivity contribution in [1.82, 2.24) is 0 Å². The summed E-state index contributed by atoms with van der Waals surface area (Å²) in [5.74, 6) is 0.446. The van der Waals surface area contributed by atoms with Gasteiger partial charge >= 0.3 is 0 Å². The van der Waals surface area contributed by atoms with Crippen LogP contribution in [0.15, 0.2) is 0 Å².